The summed E-state index contributed by atoms with van der Waals surface area (Å²) in [5, 5.41) is 2.23. The van der Waals surface area contributed by atoms with Gasteiger partial charge in [0.05, 0.1) is 12.1 Å². The van der Waals surface area contributed by atoms with E-state index >= 15 is 0 Å². The van der Waals surface area contributed by atoms with Crippen LogP contribution in [0.15, 0.2) is 18.2 Å². The van der Waals surface area contributed by atoms with Crippen molar-refractivity contribution in [2.75, 3.05) is 19.6 Å². The van der Waals surface area contributed by atoms with Crippen LogP contribution in [0.4, 0.5) is 17.6 Å². The molecule has 1 rings (SSSR count). The number of nitrogens with one attached hydrogen (secondary N) is 1. The molecular formula is C14H16F4N2O2. The molecule has 4 nitrogen and oxygen atoms in total. The fourth-order valence-electron chi connectivity index (χ4n) is 1.83. The number of hydrogen-bond acceptors (Lipinski definition) is 2. The van der Waals surface area contributed by atoms with Crippen molar-refractivity contribution in [3.8, 4) is 0 Å². The van der Waals surface area contributed by atoms with Crippen LogP contribution in [0.25, 0.3) is 0 Å². The maximum atomic E-state index is 13.1. The molecule has 0 aromatic heterocycles. The minimum atomic E-state index is -4.89. The molecule has 0 atom stereocenters. The van der Waals surface area contributed by atoms with Crippen molar-refractivity contribution in [2.45, 2.75) is 20.0 Å². The van der Waals surface area contributed by atoms with Crippen molar-refractivity contribution in [3.63, 3.8) is 0 Å². The van der Waals surface area contributed by atoms with E-state index in [9.17, 15) is 27.2 Å². The summed E-state index contributed by atoms with van der Waals surface area (Å²) in [6.07, 6.45) is -4.89. The number of hydrogen-bond donors (Lipinski definition) is 1. The monoisotopic (exact) mass is 320 g/mol. The van der Waals surface area contributed by atoms with Gasteiger partial charge in [-0.1, -0.05) is 0 Å². The second kappa shape index (κ2) is 7.24. The number of alkyl halides is 3. The van der Waals surface area contributed by atoms with Crippen molar-refractivity contribution < 1.29 is 27.2 Å². The summed E-state index contributed by atoms with van der Waals surface area (Å²) in [7, 11) is 0. The molecule has 1 aromatic carbocycles. The number of amides is 2. The largest absolute Gasteiger partial charge is 0.419 e. The van der Waals surface area contributed by atoms with E-state index in [2.05, 4.69) is 5.32 Å². The summed E-state index contributed by atoms with van der Waals surface area (Å²) in [6, 6.07) is 1.93. The first-order valence-electron chi connectivity index (χ1n) is 6.63. The highest BCUT2D eigenvalue weighted by atomic mass is 19.4. The van der Waals surface area contributed by atoms with Crippen LogP contribution in [0.2, 0.25) is 0 Å². The number of rotatable bonds is 5. The molecule has 122 valence electrons. The topological polar surface area (TPSA) is 49.4 Å². The first-order valence-corrected chi connectivity index (χ1v) is 6.63. The Kier molecular flexibility index (Phi) is 5.90. The summed E-state index contributed by atoms with van der Waals surface area (Å²) in [5.41, 5.74) is -1.88. The third-order valence-electron chi connectivity index (χ3n) is 3.05. The molecule has 1 aromatic rings. The second-order valence-corrected chi connectivity index (χ2v) is 4.44. The Bertz CT molecular complexity index is 554. The van der Waals surface area contributed by atoms with Crippen LogP contribution in [-0.2, 0) is 11.0 Å². The SMILES string of the molecule is CCN(CC)C(=O)CNC(=O)c1ccc(F)c(C(F)(F)F)c1. The quantitative estimate of drug-likeness (QED) is 0.847. The molecule has 2 amide bonds. The summed E-state index contributed by atoms with van der Waals surface area (Å²) in [4.78, 5) is 24.9. The highest BCUT2D eigenvalue weighted by Gasteiger charge is 2.34. The smallest absolute Gasteiger partial charge is 0.343 e. The molecule has 0 saturated carbocycles. The Morgan fingerprint density at radius 1 is 1.18 bits per heavy atom. The molecule has 0 heterocycles. The van der Waals surface area contributed by atoms with E-state index < -0.39 is 23.5 Å². The van der Waals surface area contributed by atoms with Crippen LogP contribution in [0.3, 0.4) is 0 Å². The fourth-order valence-corrected chi connectivity index (χ4v) is 1.83. The molecule has 0 saturated heterocycles. The number of carbonyl (C=O) groups excluding carboxylic acids is 2. The number of benzene rings is 1. The molecule has 0 aliphatic carbocycles. The first kappa shape index (κ1) is 17.9. The van der Waals surface area contributed by atoms with Crippen LogP contribution in [0.5, 0.6) is 0 Å². The van der Waals surface area contributed by atoms with Gasteiger partial charge in [-0.2, -0.15) is 13.2 Å². The minimum absolute atomic E-state index is 0.334. The molecule has 0 unspecified atom stereocenters. The van der Waals surface area contributed by atoms with Crippen LogP contribution < -0.4 is 5.32 Å². The molecule has 0 radical (unpaired) electrons. The van der Waals surface area contributed by atoms with Gasteiger partial charge in [0.2, 0.25) is 5.91 Å². The number of nitrogens with zero attached hydrogens (tertiary/aromatic N) is 1. The fraction of sp³-hybridized carbons (Fsp3) is 0.429. The highest BCUT2D eigenvalue weighted by Crippen LogP contribution is 2.31. The molecule has 22 heavy (non-hydrogen) atoms. The zero-order chi connectivity index (χ0) is 16.9. The maximum absolute atomic E-state index is 13.1. The molecule has 8 heteroatoms. The van der Waals surface area contributed by atoms with Gasteiger partial charge in [-0.3, -0.25) is 9.59 Å². The van der Waals surface area contributed by atoms with Crippen molar-refractivity contribution >= 4 is 11.8 Å². The molecule has 0 bridgehead atoms. The Morgan fingerprint density at radius 3 is 2.27 bits per heavy atom. The third kappa shape index (κ3) is 4.44. The average molecular weight is 320 g/mol. The van der Waals surface area contributed by atoms with E-state index in [4.69, 9.17) is 0 Å². The van der Waals surface area contributed by atoms with E-state index in [1.54, 1.807) is 13.8 Å². The van der Waals surface area contributed by atoms with Crippen LogP contribution in [0.1, 0.15) is 29.8 Å². The number of carbonyl (C=O) groups is 2. The molecule has 1 N–H and O–H groups in total. The van der Waals surface area contributed by atoms with Crippen molar-refractivity contribution in [1.29, 1.82) is 0 Å². The van der Waals surface area contributed by atoms with Gasteiger partial charge < -0.3 is 10.2 Å². The highest BCUT2D eigenvalue weighted by molar-refractivity contribution is 5.96. The van der Waals surface area contributed by atoms with Gasteiger partial charge in [0, 0.05) is 18.7 Å². The van der Waals surface area contributed by atoms with E-state index in [1.807, 2.05) is 0 Å². The zero-order valence-electron chi connectivity index (χ0n) is 12.1. The van der Waals surface area contributed by atoms with Crippen molar-refractivity contribution in [3.05, 3.63) is 35.1 Å². The molecule has 0 spiro atoms. The lowest BCUT2D eigenvalue weighted by Gasteiger charge is -2.18. The van der Waals surface area contributed by atoms with Crippen LogP contribution in [-0.4, -0.2) is 36.3 Å². The lowest BCUT2D eigenvalue weighted by molar-refractivity contribution is -0.140. The van der Waals surface area contributed by atoms with Crippen molar-refractivity contribution in [2.24, 2.45) is 0 Å². The lowest BCUT2D eigenvalue weighted by atomic mass is 10.1. The average Bonchev–Trinajstić information content (AvgIpc) is 2.45. The number of likely N-dealkylation sites (N-methyl/N-ethyl adjacent to an activating group) is 1. The maximum Gasteiger partial charge on any atom is 0.419 e. The Labute approximate surface area is 125 Å². The summed E-state index contributed by atoms with van der Waals surface area (Å²) < 4.78 is 50.8. The molecule has 0 aliphatic heterocycles. The van der Waals surface area contributed by atoms with Crippen LogP contribution >= 0.6 is 0 Å². The predicted octanol–water partition coefficient (Wildman–Crippen LogP) is 2.44. The Morgan fingerprint density at radius 2 is 1.77 bits per heavy atom. The van der Waals surface area contributed by atoms with E-state index in [0.717, 1.165) is 6.07 Å². The van der Waals surface area contributed by atoms with Gasteiger partial charge in [0.1, 0.15) is 5.82 Å². The van der Waals surface area contributed by atoms with Gasteiger partial charge in [-0.05, 0) is 32.0 Å². The normalized spacial score (nSPS) is 11.2. The minimum Gasteiger partial charge on any atom is -0.343 e. The van der Waals surface area contributed by atoms with Gasteiger partial charge >= 0.3 is 6.18 Å². The Balaban J connectivity index is 2.81. The first-order chi connectivity index (χ1) is 10.2. The standard InChI is InChI=1S/C14H16F4N2O2/c1-3-20(4-2)12(21)8-19-13(22)9-5-6-11(15)10(7-9)14(16,17)18/h5-7H,3-4,8H2,1-2H3,(H,19,22). The predicted molar refractivity (Wildman–Crippen MR) is 71.7 cm³/mol. The van der Waals surface area contributed by atoms with Gasteiger partial charge in [-0.25, -0.2) is 4.39 Å². The van der Waals surface area contributed by atoms with Gasteiger partial charge in [0.15, 0.2) is 0 Å². The van der Waals surface area contributed by atoms with Crippen LogP contribution in [0, 0.1) is 5.82 Å². The summed E-state index contributed by atoms with van der Waals surface area (Å²) in [5.74, 6) is -2.68. The van der Waals surface area contributed by atoms with Gasteiger partial charge in [0.25, 0.3) is 5.91 Å². The summed E-state index contributed by atoms with van der Waals surface area (Å²) >= 11 is 0. The van der Waals surface area contributed by atoms with E-state index in [-0.39, 0.29) is 18.0 Å². The summed E-state index contributed by atoms with van der Waals surface area (Å²) in [6.45, 7) is 4.11. The van der Waals surface area contributed by atoms with E-state index in [1.165, 1.54) is 4.90 Å². The Hall–Kier alpha value is -2.12. The second-order valence-electron chi connectivity index (χ2n) is 4.44. The lowest BCUT2D eigenvalue weighted by Crippen LogP contribution is -2.40. The molecular weight excluding hydrogens is 304 g/mol. The zero-order valence-corrected chi connectivity index (χ0v) is 12.1. The number of halogens is 4. The van der Waals surface area contributed by atoms with Crippen molar-refractivity contribution in [1.82, 2.24) is 10.2 Å². The molecule has 0 aliphatic rings. The van der Waals surface area contributed by atoms with E-state index in [0.29, 0.717) is 25.2 Å². The molecule has 0 fully saturated rings. The van der Waals surface area contributed by atoms with Gasteiger partial charge in [-0.15, -0.1) is 0 Å². The third-order valence-corrected chi connectivity index (χ3v) is 3.05.